The van der Waals surface area contributed by atoms with Crippen molar-refractivity contribution < 1.29 is 31.6 Å². The van der Waals surface area contributed by atoms with Gasteiger partial charge in [-0.25, -0.2) is 9.89 Å². The first-order valence-corrected chi connectivity index (χ1v) is 13.1. The van der Waals surface area contributed by atoms with Gasteiger partial charge in [0.1, 0.15) is 29.6 Å². The lowest BCUT2D eigenvalue weighted by Crippen LogP contribution is -2.17. The molecule has 3 heterocycles. The van der Waals surface area contributed by atoms with Gasteiger partial charge >= 0.3 is 12.1 Å². The van der Waals surface area contributed by atoms with Crippen LogP contribution in [0, 0.1) is 13.8 Å². The first-order valence-electron chi connectivity index (χ1n) is 12.2. The molecule has 0 fully saturated rings. The molecule has 0 spiro atoms. The third kappa shape index (κ3) is 5.67. The van der Waals surface area contributed by atoms with Crippen molar-refractivity contribution in [2.45, 2.75) is 46.6 Å². The molecule has 0 saturated heterocycles. The number of ether oxygens (including phenoxy) is 2. The molecule has 0 amide bonds. The molecule has 0 saturated carbocycles. The molecule has 0 atom stereocenters. The van der Waals surface area contributed by atoms with Crippen molar-refractivity contribution in [2.24, 2.45) is 0 Å². The van der Waals surface area contributed by atoms with Gasteiger partial charge in [0.05, 0.1) is 10.4 Å². The summed E-state index contributed by atoms with van der Waals surface area (Å²) in [6, 6.07) is 13.3. The number of para-hydroxylation sites is 1. The number of alkyl halides is 3. The number of H-pyrrole nitrogens is 1. The molecular formula is C28H24F3N3O5S. The van der Waals surface area contributed by atoms with Crippen LogP contribution in [0.1, 0.15) is 42.2 Å². The molecule has 40 heavy (non-hydrogen) atoms. The molecule has 0 aliphatic heterocycles. The Bertz CT molecular complexity index is 1710. The zero-order chi connectivity index (χ0) is 28.6. The van der Waals surface area contributed by atoms with E-state index < -0.39 is 12.1 Å². The maximum atomic E-state index is 13.0. The van der Waals surface area contributed by atoms with Crippen LogP contribution < -0.4 is 15.2 Å². The summed E-state index contributed by atoms with van der Waals surface area (Å²) in [4.78, 5) is 13.1. The Morgan fingerprint density at radius 2 is 1.82 bits per heavy atom. The van der Waals surface area contributed by atoms with Crippen molar-refractivity contribution in [3.05, 3.63) is 81.5 Å². The molecule has 1 N–H and O–H groups in total. The molecule has 0 aliphatic rings. The molecule has 0 bridgehead atoms. The summed E-state index contributed by atoms with van der Waals surface area (Å²) in [7, 11) is 0. The number of hydrogen-bond acceptors (Lipinski definition) is 8. The van der Waals surface area contributed by atoms with E-state index in [1.807, 2.05) is 52.0 Å². The van der Waals surface area contributed by atoms with Crippen LogP contribution in [0.25, 0.3) is 32.5 Å². The first-order chi connectivity index (χ1) is 19.0. The van der Waals surface area contributed by atoms with Crippen molar-refractivity contribution >= 4 is 11.3 Å². The van der Waals surface area contributed by atoms with Gasteiger partial charge in [-0.15, -0.1) is 29.6 Å². The second kappa shape index (κ2) is 10.7. The Balaban J connectivity index is 1.42. The van der Waals surface area contributed by atoms with Gasteiger partial charge in [0, 0.05) is 16.4 Å². The maximum Gasteiger partial charge on any atom is 0.573 e. The number of hydrogen-bond donors (Lipinski definition) is 1. The van der Waals surface area contributed by atoms with Gasteiger partial charge in [0.2, 0.25) is 0 Å². The molecule has 3 aromatic heterocycles. The van der Waals surface area contributed by atoms with Crippen molar-refractivity contribution in [1.82, 2.24) is 15.4 Å². The number of halogens is 3. The molecule has 0 aliphatic carbocycles. The fourth-order valence-corrected chi connectivity index (χ4v) is 5.52. The Hall–Kier alpha value is -4.32. The standard InChI is InChI=1S/C28H24F3N3O5S/c1-14(2)24-20(23(34-39-24)19-7-5-6-8-21(19)38-28(29,30)31)13-36-17-9-10-18(15(3)11-17)25-16(4)12-22(40-25)26-32-33-27(35)37-26/h5-12,14H,13H2,1-4H3,(H,33,35). The van der Waals surface area contributed by atoms with E-state index in [-0.39, 0.29) is 35.4 Å². The summed E-state index contributed by atoms with van der Waals surface area (Å²) < 4.78 is 60.1. The van der Waals surface area contributed by atoms with Crippen LogP contribution in [-0.4, -0.2) is 21.7 Å². The predicted octanol–water partition coefficient (Wildman–Crippen LogP) is 7.63. The van der Waals surface area contributed by atoms with Crippen LogP contribution in [-0.2, 0) is 6.61 Å². The van der Waals surface area contributed by atoms with Gasteiger partial charge in [0.15, 0.2) is 0 Å². The van der Waals surface area contributed by atoms with E-state index in [4.69, 9.17) is 13.7 Å². The van der Waals surface area contributed by atoms with E-state index in [1.165, 1.54) is 29.5 Å². The van der Waals surface area contributed by atoms with Gasteiger partial charge in [-0.1, -0.05) is 31.1 Å². The molecule has 8 nitrogen and oxygen atoms in total. The summed E-state index contributed by atoms with van der Waals surface area (Å²) in [6.07, 6.45) is -4.86. The van der Waals surface area contributed by atoms with Crippen LogP contribution in [0.2, 0.25) is 0 Å². The Labute approximate surface area is 230 Å². The Kier molecular flexibility index (Phi) is 7.28. The van der Waals surface area contributed by atoms with Crippen molar-refractivity contribution in [3.63, 3.8) is 0 Å². The lowest BCUT2D eigenvalue weighted by molar-refractivity contribution is -0.274. The van der Waals surface area contributed by atoms with Crippen LogP contribution >= 0.6 is 11.3 Å². The van der Waals surface area contributed by atoms with E-state index >= 15 is 0 Å². The smallest absolute Gasteiger partial charge is 0.489 e. The molecule has 0 unspecified atom stereocenters. The number of nitrogens with one attached hydrogen (secondary N) is 1. The highest BCUT2D eigenvalue weighted by atomic mass is 32.1. The van der Waals surface area contributed by atoms with Crippen LogP contribution in [0.4, 0.5) is 13.2 Å². The zero-order valence-electron chi connectivity index (χ0n) is 21.9. The number of thiophene rings is 1. The highest BCUT2D eigenvalue weighted by Crippen LogP contribution is 2.40. The minimum atomic E-state index is -4.86. The molecule has 0 radical (unpaired) electrons. The molecule has 2 aromatic carbocycles. The fourth-order valence-electron chi connectivity index (χ4n) is 4.33. The molecule has 5 rings (SSSR count). The van der Waals surface area contributed by atoms with E-state index in [9.17, 15) is 18.0 Å². The second-order valence-electron chi connectivity index (χ2n) is 9.38. The van der Waals surface area contributed by atoms with Crippen LogP contribution in [0.3, 0.4) is 0 Å². The van der Waals surface area contributed by atoms with Gasteiger partial charge < -0.3 is 18.4 Å². The van der Waals surface area contributed by atoms with Crippen LogP contribution in [0.15, 0.2) is 62.3 Å². The van der Waals surface area contributed by atoms with Crippen LogP contribution in [0.5, 0.6) is 11.5 Å². The summed E-state index contributed by atoms with van der Waals surface area (Å²) in [5, 5.41) is 10.3. The Morgan fingerprint density at radius 1 is 1.05 bits per heavy atom. The van der Waals surface area contributed by atoms with Gasteiger partial charge in [-0.2, -0.15) is 0 Å². The minimum Gasteiger partial charge on any atom is -0.489 e. The number of aromatic nitrogens is 3. The summed E-state index contributed by atoms with van der Waals surface area (Å²) in [5.74, 6) is 0.227. The van der Waals surface area contributed by atoms with Crippen molar-refractivity contribution in [1.29, 1.82) is 0 Å². The molecule has 5 aromatic rings. The highest BCUT2D eigenvalue weighted by Gasteiger charge is 2.33. The molecule has 208 valence electrons. The topological polar surface area (TPSA) is 103 Å². The van der Waals surface area contributed by atoms with Gasteiger partial charge in [-0.3, -0.25) is 0 Å². The normalized spacial score (nSPS) is 11.8. The van der Waals surface area contributed by atoms with E-state index in [0.717, 1.165) is 26.4 Å². The first kappa shape index (κ1) is 27.3. The lowest BCUT2D eigenvalue weighted by atomic mass is 10.0. The molecule has 12 heteroatoms. The quantitative estimate of drug-likeness (QED) is 0.204. The van der Waals surface area contributed by atoms with Crippen molar-refractivity contribution in [2.75, 3.05) is 0 Å². The largest absolute Gasteiger partial charge is 0.573 e. The highest BCUT2D eigenvalue weighted by molar-refractivity contribution is 7.19. The van der Waals surface area contributed by atoms with E-state index in [1.54, 1.807) is 6.07 Å². The number of aromatic amines is 1. The van der Waals surface area contributed by atoms with Gasteiger partial charge in [0.25, 0.3) is 5.89 Å². The van der Waals surface area contributed by atoms with E-state index in [0.29, 0.717) is 17.1 Å². The molecular weight excluding hydrogens is 547 g/mol. The summed E-state index contributed by atoms with van der Waals surface area (Å²) in [6.45, 7) is 7.73. The monoisotopic (exact) mass is 571 g/mol. The average Bonchev–Trinajstić information content (AvgIpc) is 3.60. The Morgan fingerprint density at radius 3 is 2.50 bits per heavy atom. The number of rotatable bonds is 8. The SMILES string of the molecule is Cc1cc(OCc2c(-c3ccccc3OC(F)(F)F)noc2C(C)C)ccc1-c1sc(-c2n[nH]c(=O)o2)cc1C. The maximum absolute atomic E-state index is 13.0. The second-order valence-corrected chi connectivity index (χ2v) is 10.4. The number of benzene rings is 2. The predicted molar refractivity (Wildman–Crippen MR) is 142 cm³/mol. The number of nitrogens with zero attached hydrogens (tertiary/aromatic N) is 2. The zero-order valence-corrected chi connectivity index (χ0v) is 22.7. The fraction of sp³-hybridized carbons (Fsp3) is 0.250. The van der Waals surface area contributed by atoms with Crippen molar-refractivity contribution in [3.8, 4) is 44.0 Å². The third-order valence-corrected chi connectivity index (χ3v) is 7.36. The average molecular weight is 572 g/mol. The van der Waals surface area contributed by atoms with Gasteiger partial charge in [-0.05, 0) is 66.9 Å². The summed E-state index contributed by atoms with van der Waals surface area (Å²) in [5.41, 5.74) is 3.83. The van der Waals surface area contributed by atoms with E-state index in [2.05, 4.69) is 20.1 Å². The number of aryl methyl sites for hydroxylation is 2. The summed E-state index contributed by atoms with van der Waals surface area (Å²) >= 11 is 1.45. The third-order valence-electron chi connectivity index (χ3n) is 6.10. The minimum absolute atomic E-state index is 0.0197. The lowest BCUT2D eigenvalue weighted by Gasteiger charge is -2.14.